The Balaban J connectivity index is 2.37. The van der Waals surface area contributed by atoms with Crippen LogP contribution in [-0.2, 0) is 10.0 Å². The molecule has 0 aliphatic carbocycles. The maximum atomic E-state index is 12.4. The van der Waals surface area contributed by atoms with E-state index in [0.29, 0.717) is 10.1 Å². The topological polar surface area (TPSA) is 72.4 Å². The summed E-state index contributed by atoms with van der Waals surface area (Å²) in [6.45, 7) is 1.75. The number of aromatic nitrogens is 2. The molecule has 2 aromatic heterocycles. The third-order valence-corrected chi connectivity index (χ3v) is 6.32. The van der Waals surface area contributed by atoms with Crippen molar-refractivity contribution in [1.82, 2.24) is 9.97 Å². The van der Waals surface area contributed by atoms with Gasteiger partial charge in [0.05, 0.1) is 23.8 Å². The van der Waals surface area contributed by atoms with Crippen LogP contribution in [0.5, 0.6) is 5.75 Å². The highest BCUT2D eigenvalue weighted by atomic mass is 35.5. The second-order valence-electron chi connectivity index (χ2n) is 3.92. The van der Waals surface area contributed by atoms with Gasteiger partial charge < -0.3 is 4.74 Å². The van der Waals surface area contributed by atoms with Gasteiger partial charge in [-0.2, -0.15) is 0 Å². The van der Waals surface area contributed by atoms with E-state index in [0.717, 1.165) is 21.2 Å². The van der Waals surface area contributed by atoms with Crippen molar-refractivity contribution in [2.45, 2.75) is 11.1 Å². The molecule has 0 bridgehead atoms. The molecule has 0 amide bonds. The van der Waals surface area contributed by atoms with Gasteiger partial charge in [0.1, 0.15) is 4.21 Å². The van der Waals surface area contributed by atoms with Crippen molar-refractivity contribution in [3.05, 3.63) is 28.4 Å². The molecule has 0 fully saturated rings. The van der Waals surface area contributed by atoms with Gasteiger partial charge in [0, 0.05) is 7.05 Å². The monoisotopic (exact) mass is 333 g/mol. The van der Waals surface area contributed by atoms with Gasteiger partial charge in [0.25, 0.3) is 10.0 Å². The lowest BCUT2D eigenvalue weighted by Gasteiger charge is -2.15. The van der Waals surface area contributed by atoms with E-state index in [1.54, 1.807) is 6.92 Å². The highest BCUT2D eigenvalue weighted by Gasteiger charge is 2.26. The Bertz CT molecular complexity index is 694. The van der Waals surface area contributed by atoms with Crippen LogP contribution in [0.1, 0.15) is 5.56 Å². The molecular weight excluding hydrogens is 322 g/mol. The van der Waals surface area contributed by atoms with E-state index < -0.39 is 10.0 Å². The van der Waals surface area contributed by atoms with E-state index in [4.69, 9.17) is 16.3 Å². The van der Waals surface area contributed by atoms with Gasteiger partial charge in [-0.1, -0.05) is 11.6 Å². The van der Waals surface area contributed by atoms with Crippen molar-refractivity contribution in [2.75, 3.05) is 18.5 Å². The van der Waals surface area contributed by atoms with Crippen molar-refractivity contribution < 1.29 is 13.2 Å². The van der Waals surface area contributed by atoms with Gasteiger partial charge in [0.2, 0.25) is 5.95 Å². The number of aryl methyl sites for hydroxylation is 1. The van der Waals surface area contributed by atoms with Crippen LogP contribution in [0.4, 0.5) is 5.95 Å². The zero-order valence-corrected chi connectivity index (χ0v) is 13.4. The van der Waals surface area contributed by atoms with Crippen molar-refractivity contribution in [3.63, 3.8) is 0 Å². The van der Waals surface area contributed by atoms with Gasteiger partial charge in [0.15, 0.2) is 5.75 Å². The molecule has 0 saturated heterocycles. The van der Waals surface area contributed by atoms with Crippen LogP contribution in [0, 0.1) is 6.92 Å². The van der Waals surface area contributed by atoms with Crippen LogP contribution >= 0.6 is 22.9 Å². The largest absolute Gasteiger partial charge is 0.494 e. The molecule has 0 atom stereocenters. The molecule has 2 heterocycles. The summed E-state index contributed by atoms with van der Waals surface area (Å²) < 4.78 is 31.4. The van der Waals surface area contributed by atoms with E-state index in [9.17, 15) is 8.42 Å². The van der Waals surface area contributed by atoms with E-state index >= 15 is 0 Å². The van der Waals surface area contributed by atoms with Crippen molar-refractivity contribution in [2.24, 2.45) is 0 Å². The summed E-state index contributed by atoms with van der Waals surface area (Å²) in [6.07, 6.45) is 2.81. The Morgan fingerprint density at radius 3 is 2.40 bits per heavy atom. The summed E-state index contributed by atoms with van der Waals surface area (Å²) in [5.74, 6) is 0.516. The molecule has 20 heavy (non-hydrogen) atoms. The minimum atomic E-state index is -3.71. The zero-order chi connectivity index (χ0) is 14.9. The lowest BCUT2D eigenvalue weighted by molar-refractivity contribution is 0.411. The van der Waals surface area contributed by atoms with E-state index in [1.807, 2.05) is 0 Å². The van der Waals surface area contributed by atoms with E-state index in [1.165, 1.54) is 32.6 Å². The third-order valence-electron chi connectivity index (χ3n) is 2.58. The maximum Gasteiger partial charge on any atom is 0.275 e. The standard InChI is InChI=1S/C11H12ClN3O3S2/c1-7-4-9(19-10(7)12)20(16,17)15(2)11-13-5-8(18-3)6-14-11/h4-6H,1-3H3. The molecule has 0 aromatic carbocycles. The summed E-state index contributed by atoms with van der Waals surface area (Å²) >= 11 is 6.92. The molecule has 6 nitrogen and oxygen atoms in total. The minimum Gasteiger partial charge on any atom is -0.494 e. The number of halogens is 1. The number of methoxy groups -OCH3 is 1. The predicted molar refractivity (Wildman–Crippen MR) is 78.2 cm³/mol. The van der Waals surface area contributed by atoms with Crippen molar-refractivity contribution in [3.8, 4) is 5.75 Å². The van der Waals surface area contributed by atoms with Crippen LogP contribution in [0.25, 0.3) is 0 Å². The number of nitrogens with zero attached hydrogens (tertiary/aromatic N) is 3. The normalized spacial score (nSPS) is 11.4. The Labute approximate surface area is 126 Å². The van der Waals surface area contributed by atoms with Gasteiger partial charge in [-0.3, -0.25) is 0 Å². The van der Waals surface area contributed by atoms with Gasteiger partial charge in [-0.15, -0.1) is 11.3 Å². The smallest absolute Gasteiger partial charge is 0.275 e. The molecule has 2 rings (SSSR count). The molecule has 0 unspecified atom stereocenters. The number of thiophene rings is 1. The number of hydrogen-bond acceptors (Lipinski definition) is 6. The Kier molecular flexibility index (Phi) is 4.17. The Morgan fingerprint density at radius 1 is 1.35 bits per heavy atom. The molecule has 0 aliphatic rings. The van der Waals surface area contributed by atoms with Gasteiger partial charge >= 0.3 is 0 Å². The highest BCUT2D eigenvalue weighted by molar-refractivity contribution is 7.94. The second-order valence-corrected chi connectivity index (χ2v) is 7.77. The summed E-state index contributed by atoms with van der Waals surface area (Å²) in [7, 11) is -0.841. The molecule has 0 N–H and O–H groups in total. The van der Waals surface area contributed by atoms with Crippen molar-refractivity contribution in [1.29, 1.82) is 0 Å². The maximum absolute atomic E-state index is 12.4. The number of ether oxygens (including phenoxy) is 1. The average molecular weight is 334 g/mol. The zero-order valence-electron chi connectivity index (χ0n) is 11.0. The fourth-order valence-corrected chi connectivity index (χ4v) is 4.36. The fraction of sp³-hybridized carbons (Fsp3) is 0.273. The molecule has 0 aliphatic heterocycles. The molecule has 0 radical (unpaired) electrons. The SMILES string of the molecule is COc1cnc(N(C)S(=O)(=O)c2cc(C)c(Cl)s2)nc1. The van der Waals surface area contributed by atoms with Crippen LogP contribution in [0.2, 0.25) is 4.34 Å². The number of hydrogen-bond donors (Lipinski definition) is 0. The Hall–Kier alpha value is -1.38. The molecule has 9 heteroatoms. The molecule has 108 valence electrons. The number of anilines is 1. The molecule has 0 spiro atoms. The molecular formula is C11H12ClN3O3S2. The first kappa shape index (κ1) is 15.0. The lowest BCUT2D eigenvalue weighted by atomic mass is 10.4. The molecule has 2 aromatic rings. The highest BCUT2D eigenvalue weighted by Crippen LogP contribution is 2.32. The van der Waals surface area contributed by atoms with Crippen molar-refractivity contribution >= 4 is 38.9 Å². The van der Waals surface area contributed by atoms with Crippen LogP contribution in [0.3, 0.4) is 0 Å². The first-order valence-corrected chi connectivity index (χ1v) is 8.10. The third kappa shape index (κ3) is 2.72. The second kappa shape index (κ2) is 5.55. The van der Waals surface area contributed by atoms with E-state index in [-0.39, 0.29) is 10.2 Å². The Morgan fingerprint density at radius 2 is 1.95 bits per heavy atom. The first-order valence-electron chi connectivity index (χ1n) is 5.47. The number of sulfonamides is 1. The van der Waals surface area contributed by atoms with E-state index in [2.05, 4.69) is 9.97 Å². The van der Waals surface area contributed by atoms with Gasteiger partial charge in [-0.25, -0.2) is 22.7 Å². The summed E-state index contributed by atoms with van der Waals surface area (Å²) in [5.41, 5.74) is 0.722. The van der Waals surface area contributed by atoms with Gasteiger partial charge in [-0.05, 0) is 18.6 Å². The minimum absolute atomic E-state index is 0.0629. The fourth-order valence-electron chi connectivity index (χ4n) is 1.38. The van der Waals surface area contributed by atoms with Crippen LogP contribution < -0.4 is 9.04 Å². The first-order chi connectivity index (χ1) is 9.36. The summed E-state index contributed by atoms with van der Waals surface area (Å²) in [5, 5.41) is 0. The molecule has 0 saturated carbocycles. The average Bonchev–Trinajstić information content (AvgIpc) is 2.78. The summed E-state index contributed by atoms with van der Waals surface area (Å²) in [4.78, 5) is 7.91. The van der Waals surface area contributed by atoms with Crippen LogP contribution in [-0.4, -0.2) is 32.5 Å². The predicted octanol–water partition coefficient (Wildman–Crippen LogP) is 2.33. The lowest BCUT2D eigenvalue weighted by Crippen LogP contribution is -2.27. The number of rotatable bonds is 4. The summed E-state index contributed by atoms with van der Waals surface area (Å²) in [6, 6.07) is 1.53. The quantitative estimate of drug-likeness (QED) is 0.858. The van der Waals surface area contributed by atoms with Crippen LogP contribution in [0.15, 0.2) is 22.7 Å².